The zero-order chi connectivity index (χ0) is 21.1. The fraction of sp³-hybridized carbons (Fsp3) is 0.150. The van der Waals surface area contributed by atoms with Gasteiger partial charge in [-0.2, -0.15) is 0 Å². The summed E-state index contributed by atoms with van der Waals surface area (Å²) in [5.74, 6) is 6.06. The van der Waals surface area contributed by atoms with Crippen molar-refractivity contribution in [1.29, 1.82) is 0 Å². The molecule has 9 heteroatoms. The number of hydrazine groups is 2. The molecule has 0 saturated carbocycles. The number of nitrogens with two attached hydrogens (primary N) is 1. The summed E-state index contributed by atoms with van der Waals surface area (Å²) in [7, 11) is 0. The van der Waals surface area contributed by atoms with E-state index < -0.39 is 0 Å². The topological polar surface area (TPSA) is 79.5 Å². The van der Waals surface area contributed by atoms with Gasteiger partial charge < -0.3 is 0 Å². The number of benzene rings is 1. The molecule has 0 aliphatic heterocycles. The van der Waals surface area contributed by atoms with Crippen molar-refractivity contribution in [2.45, 2.75) is 20.4 Å². The molecular formula is C20H18ClLiN4O2S. The standard InChI is InChI=1S/C20H18ClN4O2S.Li/c1-13-14(2)28-20(18(13)19(27)16-6-3-7-17(21)9-16)24(12-26)25(22)11-15-5-4-8-23-10-15;/h3-10H,11,22H2,1-2H3;. The van der Waals surface area contributed by atoms with Crippen LogP contribution in [0.4, 0.5) is 9.80 Å². The minimum atomic E-state index is -0.294. The van der Waals surface area contributed by atoms with Crippen LogP contribution in [0, 0.1) is 13.8 Å². The van der Waals surface area contributed by atoms with Crippen LogP contribution in [-0.2, 0) is 6.54 Å². The Morgan fingerprint density at radius 3 is 2.62 bits per heavy atom. The van der Waals surface area contributed by atoms with E-state index in [-0.39, 0.29) is 16.9 Å². The zero-order valence-corrected chi connectivity index (χ0v) is 17.9. The quantitative estimate of drug-likeness (QED) is 0.282. The Morgan fingerprint density at radius 1 is 1.24 bits per heavy atom. The molecule has 0 fully saturated rings. The molecule has 2 aromatic heterocycles. The molecule has 0 atom stereocenters. The van der Waals surface area contributed by atoms with Gasteiger partial charge in [0, 0.05) is 0 Å². The Bertz CT molecular complexity index is 1060. The van der Waals surface area contributed by atoms with Gasteiger partial charge in [0.15, 0.2) is 0 Å². The SMILES string of the molecule is [Li][C](=O)N(c1sc(C)c(C)c1C(=O)c1cccc(Cl)c1)N(N)Cc1cccnc1. The summed E-state index contributed by atoms with van der Waals surface area (Å²) in [6.45, 7) is 4.04. The number of hydrogen-bond donors (Lipinski definition) is 1. The molecule has 0 saturated heterocycles. The molecule has 0 unspecified atom stereocenters. The van der Waals surface area contributed by atoms with Crippen molar-refractivity contribution >= 4 is 56.0 Å². The van der Waals surface area contributed by atoms with E-state index in [2.05, 4.69) is 4.98 Å². The number of thiophene rings is 1. The second-order valence-corrected chi connectivity index (χ2v) is 8.23. The van der Waals surface area contributed by atoms with E-state index in [4.69, 9.17) is 17.4 Å². The number of pyridine rings is 1. The first kappa shape index (κ1) is 21.7. The third-order valence-corrected chi connectivity index (χ3v) is 5.91. The van der Waals surface area contributed by atoms with Gasteiger partial charge in [0.2, 0.25) is 0 Å². The minimum absolute atomic E-state index is 0.203. The van der Waals surface area contributed by atoms with Crippen molar-refractivity contribution in [3.05, 3.63) is 80.9 Å². The zero-order valence-electron chi connectivity index (χ0n) is 16.3. The Labute approximate surface area is 187 Å². The van der Waals surface area contributed by atoms with Crippen molar-refractivity contribution in [1.82, 2.24) is 10.1 Å². The third-order valence-electron chi connectivity index (χ3n) is 4.50. The van der Waals surface area contributed by atoms with Crippen molar-refractivity contribution in [2.24, 2.45) is 5.84 Å². The predicted molar refractivity (Wildman–Crippen MR) is 116 cm³/mol. The van der Waals surface area contributed by atoms with Crippen LogP contribution >= 0.6 is 22.9 Å². The van der Waals surface area contributed by atoms with E-state index in [1.807, 2.05) is 19.9 Å². The molecule has 2 heterocycles. The van der Waals surface area contributed by atoms with Crippen molar-refractivity contribution in [3.8, 4) is 0 Å². The van der Waals surface area contributed by atoms with Crippen LogP contribution in [0.25, 0.3) is 0 Å². The number of aryl methyl sites for hydroxylation is 1. The molecule has 0 spiro atoms. The van der Waals surface area contributed by atoms with Gasteiger partial charge >= 0.3 is 188 Å². The number of rotatable bonds is 6. The maximum atomic E-state index is 13.3. The summed E-state index contributed by atoms with van der Waals surface area (Å²) in [5.41, 5.74) is 2.57. The van der Waals surface area contributed by atoms with E-state index in [1.54, 1.807) is 42.7 Å². The molecule has 0 aliphatic rings. The fourth-order valence-corrected chi connectivity index (χ4v) is 4.39. The van der Waals surface area contributed by atoms with Gasteiger partial charge in [-0.05, 0) is 0 Å². The second kappa shape index (κ2) is 9.22. The summed E-state index contributed by atoms with van der Waals surface area (Å²) in [5, 5.41) is 3.61. The van der Waals surface area contributed by atoms with Gasteiger partial charge in [0.05, 0.1) is 0 Å². The number of aromatic nitrogens is 1. The number of nitrogens with zero attached hydrogens (tertiary/aromatic N) is 3. The van der Waals surface area contributed by atoms with Crippen LogP contribution < -0.4 is 10.9 Å². The first-order valence-corrected chi connectivity index (χ1v) is 10.1. The van der Waals surface area contributed by atoms with Crippen LogP contribution in [0.2, 0.25) is 5.02 Å². The van der Waals surface area contributed by atoms with Crippen LogP contribution in [0.3, 0.4) is 0 Å². The summed E-state index contributed by atoms with van der Waals surface area (Å²) >= 11 is 8.84. The number of carbonyl (C=O) groups excluding carboxylic acids is 2. The molecule has 1 aromatic carbocycles. The summed E-state index contributed by atoms with van der Waals surface area (Å²) in [4.78, 5) is 30.8. The van der Waals surface area contributed by atoms with Gasteiger partial charge in [0.1, 0.15) is 0 Å². The summed E-state index contributed by atoms with van der Waals surface area (Å²) in [6, 6.07) is 10.4. The van der Waals surface area contributed by atoms with E-state index >= 15 is 0 Å². The first-order valence-electron chi connectivity index (χ1n) is 8.91. The average Bonchev–Trinajstić information content (AvgIpc) is 2.96. The van der Waals surface area contributed by atoms with Crippen LogP contribution in [0.15, 0.2) is 48.8 Å². The first-order chi connectivity index (χ1) is 13.8. The molecule has 6 nitrogen and oxygen atoms in total. The molecule has 1 amide bonds. The Hall–Kier alpha value is -1.98. The molecule has 144 valence electrons. The van der Waals surface area contributed by atoms with E-state index in [1.165, 1.54) is 39.2 Å². The molecule has 3 rings (SSSR count). The molecule has 3 aromatic rings. The van der Waals surface area contributed by atoms with Crippen molar-refractivity contribution in [2.75, 3.05) is 5.01 Å². The van der Waals surface area contributed by atoms with E-state index in [0.29, 0.717) is 21.2 Å². The number of anilines is 1. The van der Waals surface area contributed by atoms with Gasteiger partial charge in [-0.1, -0.05) is 0 Å². The summed E-state index contributed by atoms with van der Waals surface area (Å²) in [6.07, 6.45) is 3.35. The second-order valence-electron chi connectivity index (χ2n) is 6.59. The Balaban J connectivity index is 2.04. The van der Waals surface area contributed by atoms with Crippen molar-refractivity contribution in [3.63, 3.8) is 0 Å². The van der Waals surface area contributed by atoms with Crippen LogP contribution in [-0.4, -0.2) is 38.2 Å². The van der Waals surface area contributed by atoms with Crippen LogP contribution in [0.5, 0.6) is 0 Å². The normalized spacial score (nSPS) is 11.0. The molecule has 0 radical (unpaired) electrons. The molecule has 2 N–H and O–H groups in total. The number of hydrogen-bond acceptors (Lipinski definition) is 6. The number of carbonyl (C=O) groups is 2. The van der Waals surface area contributed by atoms with E-state index in [9.17, 15) is 9.59 Å². The predicted octanol–water partition coefficient (Wildman–Crippen LogP) is 4.03. The molecule has 0 bridgehead atoms. The van der Waals surface area contributed by atoms with Gasteiger partial charge in [-0.25, -0.2) is 0 Å². The van der Waals surface area contributed by atoms with E-state index in [0.717, 1.165) is 16.0 Å². The Kier molecular flexibility index (Phi) is 6.91. The molecule has 0 aliphatic carbocycles. The molecule has 29 heavy (non-hydrogen) atoms. The number of amides is 1. The van der Waals surface area contributed by atoms with Crippen LogP contribution in [0.1, 0.15) is 31.9 Å². The molecular weight excluding hydrogens is 403 g/mol. The van der Waals surface area contributed by atoms with Gasteiger partial charge in [-0.3, -0.25) is 0 Å². The summed E-state index contributed by atoms with van der Waals surface area (Å²) < 4.78 is -0.294. The Morgan fingerprint density at radius 2 is 2.00 bits per heavy atom. The van der Waals surface area contributed by atoms with Gasteiger partial charge in [-0.15, -0.1) is 0 Å². The van der Waals surface area contributed by atoms with Gasteiger partial charge in [0.25, 0.3) is 0 Å². The average molecular weight is 421 g/mol. The fourth-order valence-electron chi connectivity index (χ4n) is 2.99. The third kappa shape index (κ3) is 4.78. The maximum absolute atomic E-state index is 13.3. The monoisotopic (exact) mass is 420 g/mol. The number of ketones is 1. The van der Waals surface area contributed by atoms with Crippen molar-refractivity contribution < 1.29 is 9.59 Å². The number of halogens is 1.